The average Bonchev–Trinajstić information content (AvgIpc) is 3.31. The topological polar surface area (TPSA) is 54.5 Å². The van der Waals surface area contributed by atoms with Crippen molar-refractivity contribution in [2.45, 2.75) is 38.8 Å². The third-order valence-electron chi connectivity index (χ3n) is 6.45. The maximum Gasteiger partial charge on any atom is 0.318 e. The zero-order valence-electron chi connectivity index (χ0n) is 19.5. The summed E-state index contributed by atoms with van der Waals surface area (Å²) in [6.07, 6.45) is 1.66. The fourth-order valence-corrected chi connectivity index (χ4v) is 5.50. The minimum atomic E-state index is -0.182. The molecule has 6 heteroatoms. The minimum Gasteiger partial charge on any atom is -0.467 e. The lowest BCUT2D eigenvalue weighted by Crippen LogP contribution is -2.47. The third-order valence-corrected chi connectivity index (χ3v) is 7.53. The molecular formula is C28H29N3O2S. The number of aromatic nitrogens is 1. The second kappa shape index (κ2) is 9.85. The lowest BCUT2D eigenvalue weighted by molar-refractivity contribution is 0.110. The molecule has 4 aromatic rings. The van der Waals surface area contributed by atoms with Crippen molar-refractivity contribution in [1.29, 1.82) is 0 Å². The van der Waals surface area contributed by atoms with Crippen LogP contribution in [-0.2, 0) is 0 Å². The summed E-state index contributed by atoms with van der Waals surface area (Å²) in [6.45, 7) is 5.52. The Hall–Kier alpha value is -3.38. The van der Waals surface area contributed by atoms with Crippen LogP contribution in [0.2, 0.25) is 0 Å². The van der Waals surface area contributed by atoms with Gasteiger partial charge in [0.25, 0.3) is 5.19 Å². The van der Waals surface area contributed by atoms with Gasteiger partial charge in [-0.05, 0) is 36.1 Å². The van der Waals surface area contributed by atoms with E-state index in [0.29, 0.717) is 13.1 Å². The van der Waals surface area contributed by atoms with E-state index in [1.807, 2.05) is 41.3 Å². The Morgan fingerprint density at radius 2 is 1.53 bits per heavy atom. The summed E-state index contributed by atoms with van der Waals surface area (Å²) in [6, 6.07) is 24.2. The Labute approximate surface area is 204 Å². The molecule has 174 valence electrons. The first kappa shape index (κ1) is 22.4. The van der Waals surface area contributed by atoms with E-state index >= 15 is 0 Å². The molecule has 3 aromatic carbocycles. The molecule has 1 aromatic heterocycles. The summed E-state index contributed by atoms with van der Waals surface area (Å²) in [5, 5.41) is 3.98. The van der Waals surface area contributed by atoms with Crippen molar-refractivity contribution in [3.05, 3.63) is 95.1 Å². The van der Waals surface area contributed by atoms with Crippen molar-refractivity contribution in [1.82, 2.24) is 15.2 Å². The van der Waals surface area contributed by atoms with E-state index in [2.05, 4.69) is 55.6 Å². The zero-order chi connectivity index (χ0) is 23.5. The van der Waals surface area contributed by atoms with Gasteiger partial charge in [0.1, 0.15) is 6.10 Å². The molecule has 5 rings (SSSR count). The number of amides is 2. The van der Waals surface area contributed by atoms with Gasteiger partial charge in [0.2, 0.25) is 0 Å². The van der Waals surface area contributed by atoms with Crippen molar-refractivity contribution in [3.63, 3.8) is 0 Å². The van der Waals surface area contributed by atoms with Crippen molar-refractivity contribution in [2.24, 2.45) is 0 Å². The molecule has 0 unspecified atom stereocenters. The number of likely N-dealkylation sites (tertiary alicyclic amines) is 1. The van der Waals surface area contributed by atoms with Gasteiger partial charge in [0.05, 0.1) is 16.3 Å². The molecule has 1 fully saturated rings. The number of thiazole rings is 1. The van der Waals surface area contributed by atoms with Gasteiger partial charge in [-0.25, -0.2) is 9.78 Å². The number of carbonyl (C=O) groups excluding carboxylic acids is 1. The summed E-state index contributed by atoms with van der Waals surface area (Å²) in [4.78, 5) is 19.8. The summed E-state index contributed by atoms with van der Waals surface area (Å²) in [5.74, 6) is 0. The maximum absolute atomic E-state index is 13.2. The van der Waals surface area contributed by atoms with Crippen LogP contribution < -0.4 is 10.1 Å². The molecule has 5 nitrogen and oxygen atoms in total. The van der Waals surface area contributed by atoms with Gasteiger partial charge in [-0.1, -0.05) is 84.1 Å². The Kier molecular flexibility index (Phi) is 6.50. The van der Waals surface area contributed by atoms with Crippen LogP contribution in [0.5, 0.6) is 5.19 Å². The third kappa shape index (κ3) is 4.77. The minimum absolute atomic E-state index is 0.0395. The zero-order valence-corrected chi connectivity index (χ0v) is 20.3. The Morgan fingerprint density at radius 3 is 2.12 bits per heavy atom. The lowest BCUT2D eigenvalue weighted by atomic mass is 9.99. The van der Waals surface area contributed by atoms with Gasteiger partial charge < -0.3 is 15.0 Å². The average molecular weight is 472 g/mol. The molecule has 0 aliphatic carbocycles. The standard InChI is InChI=1S/C28H29N3O2S/c1-19-13-14-20(2)26-24(19)30-28(34-26)33-23-15-17-31(18-16-23)27(32)29-25(21-9-5-3-6-10-21)22-11-7-4-8-12-22/h3-14,23,25H,15-18H2,1-2H3,(H,29,32). The highest BCUT2D eigenvalue weighted by Gasteiger charge is 2.27. The van der Waals surface area contributed by atoms with Gasteiger partial charge in [0.15, 0.2) is 0 Å². The van der Waals surface area contributed by atoms with E-state index in [0.717, 1.165) is 34.7 Å². The molecule has 1 N–H and O–H groups in total. The molecule has 0 bridgehead atoms. The monoisotopic (exact) mass is 471 g/mol. The van der Waals surface area contributed by atoms with E-state index in [9.17, 15) is 4.79 Å². The van der Waals surface area contributed by atoms with Gasteiger partial charge in [0, 0.05) is 25.9 Å². The van der Waals surface area contributed by atoms with Crippen LogP contribution in [0, 0.1) is 13.8 Å². The number of carbonyl (C=O) groups is 1. The number of aryl methyl sites for hydroxylation is 2. The SMILES string of the molecule is Cc1ccc(C)c2sc(OC3CCN(C(=O)NC(c4ccccc4)c4ccccc4)CC3)nc12. The van der Waals surface area contributed by atoms with Crippen molar-refractivity contribution in [3.8, 4) is 5.19 Å². The highest BCUT2D eigenvalue weighted by atomic mass is 32.1. The maximum atomic E-state index is 13.2. The number of rotatable bonds is 5. The molecule has 0 saturated carbocycles. The van der Waals surface area contributed by atoms with E-state index in [-0.39, 0.29) is 18.2 Å². The molecule has 1 aliphatic heterocycles. The number of piperidine rings is 1. The number of nitrogens with one attached hydrogen (secondary N) is 1. The summed E-state index contributed by atoms with van der Waals surface area (Å²) in [5.41, 5.74) is 5.57. The predicted molar refractivity (Wildman–Crippen MR) is 138 cm³/mol. The number of nitrogens with zero attached hydrogens (tertiary/aromatic N) is 2. The Bertz CT molecular complexity index is 1190. The number of urea groups is 1. The van der Waals surface area contributed by atoms with Crippen LogP contribution >= 0.6 is 11.3 Å². The lowest BCUT2D eigenvalue weighted by Gasteiger charge is -2.33. The first-order valence-electron chi connectivity index (χ1n) is 11.8. The summed E-state index contributed by atoms with van der Waals surface area (Å²) in [7, 11) is 0. The number of benzene rings is 3. The van der Waals surface area contributed by atoms with E-state index < -0.39 is 0 Å². The second-order valence-electron chi connectivity index (χ2n) is 8.86. The fraction of sp³-hybridized carbons (Fsp3) is 0.286. The van der Waals surface area contributed by atoms with Crippen molar-refractivity contribution >= 4 is 27.6 Å². The second-order valence-corrected chi connectivity index (χ2v) is 9.83. The molecule has 1 aliphatic rings. The van der Waals surface area contributed by atoms with Gasteiger partial charge >= 0.3 is 6.03 Å². The molecular weight excluding hydrogens is 442 g/mol. The van der Waals surface area contributed by atoms with Crippen LogP contribution in [0.15, 0.2) is 72.8 Å². The molecule has 34 heavy (non-hydrogen) atoms. The van der Waals surface area contributed by atoms with Crippen molar-refractivity contribution < 1.29 is 9.53 Å². The summed E-state index contributed by atoms with van der Waals surface area (Å²) < 4.78 is 7.44. The van der Waals surface area contributed by atoms with Gasteiger partial charge in [-0.15, -0.1) is 0 Å². The smallest absolute Gasteiger partial charge is 0.318 e. The quantitative estimate of drug-likeness (QED) is 0.374. The van der Waals surface area contributed by atoms with E-state index in [1.54, 1.807) is 11.3 Å². The highest BCUT2D eigenvalue weighted by molar-refractivity contribution is 7.20. The number of ether oxygens (including phenoxy) is 1. The van der Waals surface area contributed by atoms with E-state index in [4.69, 9.17) is 9.72 Å². The Balaban J connectivity index is 1.22. The number of hydrogen-bond acceptors (Lipinski definition) is 4. The van der Waals surface area contributed by atoms with Crippen LogP contribution in [0.1, 0.15) is 41.1 Å². The Morgan fingerprint density at radius 1 is 0.941 bits per heavy atom. The fourth-order valence-electron chi connectivity index (χ4n) is 4.47. The predicted octanol–water partition coefficient (Wildman–Crippen LogP) is 6.26. The van der Waals surface area contributed by atoms with Crippen LogP contribution in [0.4, 0.5) is 4.79 Å². The van der Waals surface area contributed by atoms with Crippen molar-refractivity contribution in [2.75, 3.05) is 13.1 Å². The molecule has 2 heterocycles. The molecule has 1 saturated heterocycles. The molecule has 0 radical (unpaired) electrons. The highest BCUT2D eigenvalue weighted by Crippen LogP contribution is 2.33. The van der Waals surface area contributed by atoms with Crippen LogP contribution in [0.25, 0.3) is 10.2 Å². The normalized spacial score (nSPS) is 14.5. The first-order chi connectivity index (χ1) is 16.6. The molecule has 0 spiro atoms. The van der Waals surface area contributed by atoms with Gasteiger partial charge in [-0.2, -0.15) is 0 Å². The van der Waals surface area contributed by atoms with E-state index in [1.165, 1.54) is 15.8 Å². The van der Waals surface area contributed by atoms with Crippen LogP contribution in [-0.4, -0.2) is 35.1 Å². The van der Waals surface area contributed by atoms with Crippen LogP contribution in [0.3, 0.4) is 0 Å². The number of fused-ring (bicyclic) bond motifs is 1. The first-order valence-corrected chi connectivity index (χ1v) is 12.6. The van der Waals surface area contributed by atoms with Gasteiger partial charge in [-0.3, -0.25) is 0 Å². The largest absolute Gasteiger partial charge is 0.467 e. The molecule has 2 amide bonds. The summed E-state index contributed by atoms with van der Waals surface area (Å²) >= 11 is 1.62. The molecule has 0 atom stereocenters. The number of hydrogen-bond donors (Lipinski definition) is 1.